The van der Waals surface area contributed by atoms with Gasteiger partial charge in [-0.15, -0.1) is 0 Å². The molecule has 1 fully saturated rings. The second-order valence-electron chi connectivity index (χ2n) is 5.43. The van der Waals surface area contributed by atoms with Crippen LogP contribution in [-0.4, -0.2) is 38.1 Å². The summed E-state index contributed by atoms with van der Waals surface area (Å²) in [7, 11) is 2.17. The predicted octanol–water partition coefficient (Wildman–Crippen LogP) is 5.22. The van der Waals surface area contributed by atoms with E-state index in [2.05, 4.69) is 59.3 Å². The summed E-state index contributed by atoms with van der Waals surface area (Å²) < 4.78 is 0. The van der Waals surface area contributed by atoms with Crippen LogP contribution in [0.2, 0.25) is 0 Å². The molecule has 25 heavy (non-hydrogen) atoms. The lowest BCUT2D eigenvalue weighted by atomic mass is 10.2. The molecule has 1 aliphatic heterocycles. The Morgan fingerprint density at radius 1 is 0.840 bits per heavy atom. The minimum absolute atomic E-state index is 0.861. The van der Waals surface area contributed by atoms with Crippen molar-refractivity contribution in [2.24, 2.45) is 0 Å². The van der Waals surface area contributed by atoms with Crippen molar-refractivity contribution in [1.29, 1.82) is 0 Å². The molecule has 1 heterocycles. The SMILES string of the molecule is CC.CC.CN1CCN(c2ccc(Sc3ccccc3)c(N)c2)CC1. The number of rotatable bonds is 3. The van der Waals surface area contributed by atoms with Gasteiger partial charge in [-0.05, 0) is 37.4 Å². The van der Waals surface area contributed by atoms with Crippen LogP contribution >= 0.6 is 11.8 Å². The van der Waals surface area contributed by atoms with E-state index in [0.717, 1.165) is 36.8 Å². The zero-order chi connectivity index (χ0) is 18.7. The van der Waals surface area contributed by atoms with Crippen LogP contribution in [0, 0.1) is 0 Å². The second-order valence-corrected chi connectivity index (χ2v) is 6.54. The van der Waals surface area contributed by atoms with Crippen molar-refractivity contribution in [2.45, 2.75) is 37.5 Å². The van der Waals surface area contributed by atoms with Crippen LogP contribution in [0.4, 0.5) is 11.4 Å². The first-order valence-corrected chi connectivity index (χ1v) is 10.1. The summed E-state index contributed by atoms with van der Waals surface area (Å²) in [6, 6.07) is 16.8. The monoisotopic (exact) mass is 359 g/mol. The first kappa shape index (κ1) is 21.4. The summed E-state index contributed by atoms with van der Waals surface area (Å²) in [6.07, 6.45) is 0. The van der Waals surface area contributed by atoms with Crippen molar-refractivity contribution in [1.82, 2.24) is 4.90 Å². The van der Waals surface area contributed by atoms with Crippen molar-refractivity contribution in [3.63, 3.8) is 0 Å². The number of nitrogen functional groups attached to an aromatic ring is 1. The van der Waals surface area contributed by atoms with Crippen LogP contribution in [0.5, 0.6) is 0 Å². The Morgan fingerprint density at radius 2 is 1.44 bits per heavy atom. The van der Waals surface area contributed by atoms with E-state index >= 15 is 0 Å². The van der Waals surface area contributed by atoms with Gasteiger partial charge in [0.05, 0.1) is 0 Å². The highest BCUT2D eigenvalue weighted by Gasteiger charge is 2.15. The molecule has 0 spiro atoms. The molecule has 0 radical (unpaired) electrons. The average Bonchev–Trinajstić information content (AvgIpc) is 2.68. The molecule has 0 atom stereocenters. The molecule has 0 bridgehead atoms. The molecular formula is C21H33N3S. The molecule has 0 saturated carbocycles. The van der Waals surface area contributed by atoms with E-state index in [1.807, 2.05) is 33.8 Å². The van der Waals surface area contributed by atoms with Gasteiger partial charge in [0.1, 0.15) is 0 Å². The van der Waals surface area contributed by atoms with E-state index < -0.39 is 0 Å². The highest BCUT2D eigenvalue weighted by molar-refractivity contribution is 7.99. The Morgan fingerprint density at radius 3 is 2.00 bits per heavy atom. The number of anilines is 2. The van der Waals surface area contributed by atoms with Gasteiger partial charge in [-0.3, -0.25) is 0 Å². The number of hydrogen-bond acceptors (Lipinski definition) is 4. The Bertz CT molecular complexity index is 593. The van der Waals surface area contributed by atoms with Crippen LogP contribution in [-0.2, 0) is 0 Å². The van der Waals surface area contributed by atoms with Crippen molar-refractivity contribution in [3.05, 3.63) is 48.5 Å². The van der Waals surface area contributed by atoms with Gasteiger partial charge in [-0.1, -0.05) is 57.7 Å². The van der Waals surface area contributed by atoms with E-state index in [-0.39, 0.29) is 0 Å². The van der Waals surface area contributed by atoms with Gasteiger partial charge in [0.25, 0.3) is 0 Å². The number of piperazine rings is 1. The van der Waals surface area contributed by atoms with Gasteiger partial charge in [-0.2, -0.15) is 0 Å². The largest absolute Gasteiger partial charge is 0.398 e. The second kappa shape index (κ2) is 11.8. The molecule has 1 aliphatic rings. The summed E-state index contributed by atoms with van der Waals surface area (Å²) in [6.45, 7) is 12.4. The normalized spacial score (nSPS) is 14.0. The van der Waals surface area contributed by atoms with E-state index in [9.17, 15) is 0 Å². The topological polar surface area (TPSA) is 32.5 Å². The lowest BCUT2D eigenvalue weighted by Gasteiger charge is -2.34. The van der Waals surface area contributed by atoms with Gasteiger partial charge in [0, 0.05) is 47.3 Å². The Balaban J connectivity index is 0.000000730. The molecule has 3 rings (SSSR count). The third kappa shape index (κ3) is 6.63. The molecule has 0 aromatic heterocycles. The van der Waals surface area contributed by atoms with E-state index in [1.54, 1.807) is 11.8 Å². The minimum Gasteiger partial charge on any atom is -0.398 e. The van der Waals surface area contributed by atoms with Crippen molar-refractivity contribution >= 4 is 23.1 Å². The smallest absolute Gasteiger partial charge is 0.0476 e. The van der Waals surface area contributed by atoms with Crippen LogP contribution in [0.1, 0.15) is 27.7 Å². The van der Waals surface area contributed by atoms with Gasteiger partial charge in [0.2, 0.25) is 0 Å². The van der Waals surface area contributed by atoms with Crippen molar-refractivity contribution < 1.29 is 0 Å². The first-order valence-electron chi connectivity index (χ1n) is 9.28. The molecule has 0 aliphatic carbocycles. The minimum atomic E-state index is 0.861. The van der Waals surface area contributed by atoms with Gasteiger partial charge in [0.15, 0.2) is 0 Å². The molecule has 2 N–H and O–H groups in total. The molecule has 3 nitrogen and oxygen atoms in total. The van der Waals surface area contributed by atoms with E-state index in [4.69, 9.17) is 5.73 Å². The maximum atomic E-state index is 6.25. The summed E-state index contributed by atoms with van der Waals surface area (Å²) in [5, 5.41) is 0. The zero-order valence-electron chi connectivity index (χ0n) is 16.3. The maximum Gasteiger partial charge on any atom is 0.0476 e. The summed E-state index contributed by atoms with van der Waals surface area (Å²) >= 11 is 1.72. The first-order chi connectivity index (χ1) is 12.2. The number of hydrogen-bond donors (Lipinski definition) is 1. The number of nitrogens with two attached hydrogens (primary N) is 1. The highest BCUT2D eigenvalue weighted by Crippen LogP contribution is 2.34. The van der Waals surface area contributed by atoms with Gasteiger partial charge in [-0.25, -0.2) is 0 Å². The van der Waals surface area contributed by atoms with Crippen LogP contribution in [0.3, 0.4) is 0 Å². The molecule has 2 aromatic rings. The summed E-state index contributed by atoms with van der Waals surface area (Å²) in [5.74, 6) is 0. The number of nitrogens with zero attached hydrogens (tertiary/aromatic N) is 2. The molecule has 0 amide bonds. The molecule has 1 saturated heterocycles. The lowest BCUT2D eigenvalue weighted by Crippen LogP contribution is -2.44. The van der Waals surface area contributed by atoms with E-state index in [1.165, 1.54) is 10.6 Å². The average molecular weight is 360 g/mol. The fourth-order valence-electron chi connectivity index (χ4n) is 2.51. The van der Waals surface area contributed by atoms with Crippen LogP contribution < -0.4 is 10.6 Å². The third-order valence-corrected chi connectivity index (χ3v) is 4.93. The Kier molecular flexibility index (Phi) is 10.1. The molecular weight excluding hydrogens is 326 g/mol. The highest BCUT2D eigenvalue weighted by atomic mass is 32.2. The summed E-state index contributed by atoms with van der Waals surface area (Å²) in [5.41, 5.74) is 8.34. The van der Waals surface area contributed by atoms with Gasteiger partial charge < -0.3 is 15.5 Å². The van der Waals surface area contributed by atoms with Crippen LogP contribution in [0.15, 0.2) is 58.3 Å². The van der Waals surface area contributed by atoms with Gasteiger partial charge >= 0.3 is 0 Å². The van der Waals surface area contributed by atoms with Crippen molar-refractivity contribution in [2.75, 3.05) is 43.9 Å². The standard InChI is InChI=1S/C17H21N3S.2C2H6/c1-19-9-11-20(12-10-19)14-7-8-17(16(18)13-14)21-15-5-3-2-4-6-15;2*1-2/h2-8,13H,9-12,18H2,1H3;2*1-2H3. The fourth-order valence-corrected chi connectivity index (χ4v) is 3.37. The molecule has 2 aromatic carbocycles. The predicted molar refractivity (Wildman–Crippen MR) is 114 cm³/mol. The van der Waals surface area contributed by atoms with Crippen LogP contribution in [0.25, 0.3) is 0 Å². The Labute approximate surface area is 158 Å². The number of likely N-dealkylation sites (N-methyl/N-ethyl adjacent to an activating group) is 1. The Hall–Kier alpha value is -1.65. The maximum absolute atomic E-state index is 6.25. The third-order valence-electron chi connectivity index (χ3n) is 3.83. The summed E-state index contributed by atoms with van der Waals surface area (Å²) in [4.78, 5) is 7.11. The lowest BCUT2D eigenvalue weighted by molar-refractivity contribution is 0.313. The zero-order valence-corrected chi connectivity index (χ0v) is 17.1. The number of benzene rings is 2. The molecule has 138 valence electrons. The molecule has 0 unspecified atom stereocenters. The van der Waals surface area contributed by atoms with Crippen molar-refractivity contribution in [3.8, 4) is 0 Å². The van der Waals surface area contributed by atoms with E-state index in [0.29, 0.717) is 0 Å². The quantitative estimate of drug-likeness (QED) is 0.761. The molecule has 4 heteroatoms. The fraction of sp³-hybridized carbons (Fsp3) is 0.429.